The molecule has 1 N–H and O–H groups in total. The van der Waals surface area contributed by atoms with Crippen molar-refractivity contribution in [3.05, 3.63) is 36.0 Å². The fourth-order valence-electron chi connectivity index (χ4n) is 3.02. The van der Waals surface area contributed by atoms with E-state index < -0.39 is 0 Å². The summed E-state index contributed by atoms with van der Waals surface area (Å²) in [5.41, 5.74) is 1.85. The number of likely N-dealkylation sites (tertiary alicyclic amines) is 1. The minimum atomic E-state index is -0.175. The van der Waals surface area contributed by atoms with Gasteiger partial charge in [-0.1, -0.05) is 18.2 Å². The van der Waals surface area contributed by atoms with Gasteiger partial charge in [-0.3, -0.25) is 4.79 Å². The van der Waals surface area contributed by atoms with Crippen molar-refractivity contribution in [2.24, 2.45) is 0 Å². The maximum atomic E-state index is 12.2. The predicted molar refractivity (Wildman–Crippen MR) is 90.0 cm³/mol. The van der Waals surface area contributed by atoms with Gasteiger partial charge in [-0.05, 0) is 32.9 Å². The lowest BCUT2D eigenvalue weighted by atomic mass is 10.1. The topological polar surface area (TPSA) is 69.0 Å². The van der Waals surface area contributed by atoms with Crippen molar-refractivity contribution in [2.75, 3.05) is 11.9 Å². The second kappa shape index (κ2) is 5.54. The molecular weight excluding hydrogens is 288 g/mol. The highest BCUT2D eigenvalue weighted by atomic mass is 16.2. The summed E-state index contributed by atoms with van der Waals surface area (Å²) >= 11 is 0. The van der Waals surface area contributed by atoms with E-state index in [-0.39, 0.29) is 17.5 Å². The molecule has 0 saturated carbocycles. The van der Waals surface area contributed by atoms with Crippen LogP contribution in [0.2, 0.25) is 0 Å². The summed E-state index contributed by atoms with van der Waals surface area (Å²) in [5.74, 6) is 0.161. The second-order valence-electron chi connectivity index (χ2n) is 6.90. The lowest BCUT2D eigenvalue weighted by Gasteiger charge is -2.32. The van der Waals surface area contributed by atoms with Crippen molar-refractivity contribution >= 4 is 22.5 Å². The monoisotopic (exact) mass is 308 g/mol. The molecule has 2 heterocycles. The van der Waals surface area contributed by atoms with E-state index in [4.69, 9.17) is 0 Å². The average molecular weight is 308 g/mol. The fourth-order valence-corrected chi connectivity index (χ4v) is 3.02. The normalized spacial score (nSPS) is 18.3. The third-order valence-corrected chi connectivity index (χ3v) is 4.13. The van der Waals surface area contributed by atoms with Crippen LogP contribution in [0.3, 0.4) is 0 Å². The number of hydrogen-bond donors (Lipinski definition) is 1. The molecule has 0 spiro atoms. The van der Waals surface area contributed by atoms with Gasteiger partial charge >= 0.3 is 0 Å². The van der Waals surface area contributed by atoms with Gasteiger partial charge in [-0.25, -0.2) is 4.98 Å². The van der Waals surface area contributed by atoms with Crippen LogP contribution in [-0.4, -0.2) is 33.9 Å². The number of nitrogens with zero attached hydrogens (tertiary/aromatic N) is 3. The van der Waals surface area contributed by atoms with Crippen molar-refractivity contribution in [3.8, 4) is 6.07 Å². The highest BCUT2D eigenvalue weighted by Gasteiger charge is 2.36. The summed E-state index contributed by atoms with van der Waals surface area (Å²) in [6, 6.07) is 11.6. The van der Waals surface area contributed by atoms with Gasteiger partial charge < -0.3 is 10.2 Å². The number of nitrogens with one attached hydrogen (secondary N) is 1. The molecule has 118 valence electrons. The van der Waals surface area contributed by atoms with Gasteiger partial charge in [0, 0.05) is 29.6 Å². The largest absolute Gasteiger partial charge is 0.379 e. The van der Waals surface area contributed by atoms with Gasteiger partial charge in [0.15, 0.2) is 0 Å². The molecule has 1 aliphatic heterocycles. The van der Waals surface area contributed by atoms with Crippen LogP contribution < -0.4 is 5.32 Å². The molecule has 5 nitrogen and oxygen atoms in total. The van der Waals surface area contributed by atoms with E-state index in [1.165, 1.54) is 0 Å². The van der Waals surface area contributed by atoms with E-state index in [1.807, 2.05) is 49.9 Å². The molecule has 1 aromatic carbocycles. The molecule has 5 heteroatoms. The summed E-state index contributed by atoms with van der Waals surface area (Å²) in [6.07, 6.45) is 0.468. The summed E-state index contributed by atoms with van der Waals surface area (Å²) in [5, 5.41) is 13.6. The highest BCUT2D eigenvalue weighted by Crippen LogP contribution is 2.28. The van der Waals surface area contributed by atoms with E-state index in [0.717, 1.165) is 16.6 Å². The number of pyridine rings is 1. The number of rotatable bonds is 2. The number of anilines is 1. The summed E-state index contributed by atoms with van der Waals surface area (Å²) < 4.78 is 0. The number of amides is 1. The number of carbonyl (C=O) groups is 1. The molecule has 2 aromatic rings. The zero-order chi connectivity index (χ0) is 16.6. The quantitative estimate of drug-likeness (QED) is 0.926. The Balaban J connectivity index is 1.91. The molecule has 1 amide bonds. The van der Waals surface area contributed by atoms with Gasteiger partial charge in [-0.2, -0.15) is 5.26 Å². The number of para-hydroxylation sites is 1. The Morgan fingerprint density at radius 2 is 2.09 bits per heavy atom. The first-order valence-corrected chi connectivity index (χ1v) is 7.75. The summed E-state index contributed by atoms with van der Waals surface area (Å²) in [7, 11) is 0. The maximum Gasteiger partial charge on any atom is 0.225 e. The first-order valence-electron chi connectivity index (χ1n) is 7.75. The van der Waals surface area contributed by atoms with Crippen LogP contribution in [0.4, 0.5) is 5.69 Å². The number of hydrogen-bond acceptors (Lipinski definition) is 4. The van der Waals surface area contributed by atoms with E-state index in [2.05, 4.69) is 16.4 Å². The standard InChI is InChI=1S/C18H20N4O/c1-18(2,3)22-11-13(9-17(22)23)21-16-8-12(10-19)20-15-7-5-4-6-14(15)16/h4-8,13H,9,11H2,1-3H3,(H,20,21). The van der Waals surface area contributed by atoms with Crippen molar-refractivity contribution in [1.82, 2.24) is 9.88 Å². The van der Waals surface area contributed by atoms with Crippen molar-refractivity contribution in [1.29, 1.82) is 5.26 Å². The van der Waals surface area contributed by atoms with Crippen LogP contribution >= 0.6 is 0 Å². The Labute approximate surface area is 135 Å². The number of carbonyl (C=O) groups excluding carboxylic acids is 1. The Kier molecular flexibility index (Phi) is 3.69. The van der Waals surface area contributed by atoms with Crippen LogP contribution in [-0.2, 0) is 4.79 Å². The van der Waals surface area contributed by atoms with Crippen molar-refractivity contribution < 1.29 is 4.79 Å². The second-order valence-corrected chi connectivity index (χ2v) is 6.90. The Hall–Kier alpha value is -2.61. The molecule has 1 atom stereocenters. The molecule has 0 radical (unpaired) electrons. The molecular formula is C18H20N4O. The van der Waals surface area contributed by atoms with Crippen LogP contribution in [0.15, 0.2) is 30.3 Å². The summed E-state index contributed by atoms with van der Waals surface area (Å²) in [6.45, 7) is 6.80. The number of fused-ring (bicyclic) bond motifs is 1. The van der Waals surface area contributed by atoms with E-state index >= 15 is 0 Å². The van der Waals surface area contributed by atoms with Crippen LogP contribution in [0.25, 0.3) is 10.9 Å². The van der Waals surface area contributed by atoms with Gasteiger partial charge in [0.1, 0.15) is 11.8 Å². The van der Waals surface area contributed by atoms with Crippen molar-refractivity contribution in [2.45, 2.75) is 38.8 Å². The molecule has 1 aliphatic rings. The smallest absolute Gasteiger partial charge is 0.225 e. The number of aromatic nitrogens is 1. The Morgan fingerprint density at radius 1 is 1.35 bits per heavy atom. The molecule has 1 fully saturated rings. The first kappa shape index (κ1) is 15.3. The Morgan fingerprint density at radius 3 is 2.74 bits per heavy atom. The molecule has 3 rings (SSSR count). The predicted octanol–water partition coefficient (Wildman–Crippen LogP) is 2.92. The van der Waals surface area contributed by atoms with E-state index in [9.17, 15) is 10.1 Å². The SMILES string of the molecule is CC(C)(C)N1CC(Nc2cc(C#N)nc3ccccc23)CC1=O. The Bertz CT molecular complexity index is 801. The van der Waals surface area contributed by atoms with Crippen LogP contribution in [0, 0.1) is 11.3 Å². The molecule has 1 saturated heterocycles. The fraction of sp³-hybridized carbons (Fsp3) is 0.389. The molecule has 23 heavy (non-hydrogen) atoms. The maximum absolute atomic E-state index is 12.2. The van der Waals surface area contributed by atoms with E-state index in [0.29, 0.717) is 18.7 Å². The zero-order valence-electron chi connectivity index (χ0n) is 13.6. The van der Waals surface area contributed by atoms with Gasteiger partial charge in [0.25, 0.3) is 0 Å². The lowest BCUT2D eigenvalue weighted by molar-refractivity contribution is -0.131. The molecule has 0 aliphatic carbocycles. The van der Waals surface area contributed by atoms with Crippen LogP contribution in [0.1, 0.15) is 32.9 Å². The number of benzene rings is 1. The van der Waals surface area contributed by atoms with E-state index in [1.54, 1.807) is 6.07 Å². The molecule has 1 unspecified atom stereocenters. The lowest BCUT2D eigenvalue weighted by Crippen LogP contribution is -2.43. The molecule has 0 bridgehead atoms. The minimum Gasteiger partial charge on any atom is -0.379 e. The average Bonchev–Trinajstić information content (AvgIpc) is 2.88. The van der Waals surface area contributed by atoms with Gasteiger partial charge in [-0.15, -0.1) is 0 Å². The van der Waals surface area contributed by atoms with Crippen molar-refractivity contribution in [3.63, 3.8) is 0 Å². The summed E-state index contributed by atoms with van der Waals surface area (Å²) in [4.78, 5) is 18.5. The third kappa shape index (κ3) is 2.98. The zero-order valence-corrected chi connectivity index (χ0v) is 13.6. The molecule has 1 aromatic heterocycles. The van der Waals surface area contributed by atoms with Gasteiger partial charge in [0.2, 0.25) is 5.91 Å². The minimum absolute atomic E-state index is 0.0408. The third-order valence-electron chi connectivity index (χ3n) is 4.13. The van der Waals surface area contributed by atoms with Gasteiger partial charge in [0.05, 0.1) is 11.6 Å². The highest BCUT2D eigenvalue weighted by molar-refractivity contribution is 5.92. The number of nitriles is 1. The first-order chi connectivity index (χ1) is 10.9. The van der Waals surface area contributed by atoms with Crippen LogP contribution in [0.5, 0.6) is 0 Å².